The number of rotatable bonds is 10. The fraction of sp³-hybridized carbons (Fsp3) is 0.350. The number of carbonyl (C=O) groups excluding carboxylic acids is 1. The van der Waals surface area contributed by atoms with E-state index in [-0.39, 0.29) is 18.6 Å². The quantitative estimate of drug-likeness (QED) is 0.636. The van der Waals surface area contributed by atoms with Crippen molar-refractivity contribution in [1.82, 2.24) is 0 Å². The first-order valence-electron chi connectivity index (χ1n) is 8.59. The largest absolute Gasteiger partial charge is 0.491 e. The summed E-state index contributed by atoms with van der Waals surface area (Å²) in [5, 5.41) is 5.92. The number of carbonyl (C=O) groups is 1. The summed E-state index contributed by atoms with van der Waals surface area (Å²) in [5.41, 5.74) is 1.58. The lowest BCUT2D eigenvalue weighted by molar-refractivity contribution is -0.114. The molecule has 2 aromatic carbocycles. The summed E-state index contributed by atoms with van der Waals surface area (Å²) in [6.07, 6.45) is 0.122. The summed E-state index contributed by atoms with van der Waals surface area (Å²) in [5.74, 6) is 1.42. The molecule has 0 spiro atoms. The molecule has 0 atom stereocenters. The van der Waals surface area contributed by atoms with Gasteiger partial charge in [0.1, 0.15) is 18.1 Å². The summed E-state index contributed by atoms with van der Waals surface area (Å²) >= 11 is 0. The lowest BCUT2D eigenvalue weighted by Crippen LogP contribution is -2.21. The van der Waals surface area contributed by atoms with Gasteiger partial charge in [0.05, 0.1) is 19.3 Å². The van der Waals surface area contributed by atoms with Crippen molar-refractivity contribution >= 4 is 17.3 Å². The van der Waals surface area contributed by atoms with Gasteiger partial charge in [-0.05, 0) is 62.4 Å². The smallest absolute Gasteiger partial charge is 0.243 e. The number of hydrogen-bond acceptors (Lipinski definition) is 5. The van der Waals surface area contributed by atoms with Crippen molar-refractivity contribution in [3.63, 3.8) is 0 Å². The highest BCUT2D eigenvalue weighted by Gasteiger charge is 2.04. The summed E-state index contributed by atoms with van der Waals surface area (Å²) < 4.78 is 16.0. The summed E-state index contributed by atoms with van der Waals surface area (Å²) in [6, 6.07) is 14.8. The second-order valence-corrected chi connectivity index (χ2v) is 5.96. The molecule has 0 aliphatic heterocycles. The minimum atomic E-state index is -0.122. The molecule has 0 aromatic heterocycles. The topological polar surface area (TPSA) is 68.8 Å². The Kier molecular flexibility index (Phi) is 7.76. The van der Waals surface area contributed by atoms with Crippen LogP contribution in [0.25, 0.3) is 0 Å². The Morgan fingerprint density at radius 2 is 1.54 bits per heavy atom. The summed E-state index contributed by atoms with van der Waals surface area (Å²) in [7, 11) is 1.63. The molecule has 0 fully saturated rings. The minimum absolute atomic E-state index is 0.122. The fourth-order valence-corrected chi connectivity index (χ4v) is 2.19. The van der Waals surface area contributed by atoms with Gasteiger partial charge in [-0.1, -0.05) is 0 Å². The van der Waals surface area contributed by atoms with E-state index in [1.807, 2.05) is 62.4 Å². The van der Waals surface area contributed by atoms with E-state index in [0.717, 1.165) is 22.9 Å². The average Bonchev–Trinajstić information content (AvgIpc) is 2.62. The van der Waals surface area contributed by atoms with Crippen LogP contribution in [0.4, 0.5) is 11.4 Å². The molecular formula is C20H26N2O4. The van der Waals surface area contributed by atoms with E-state index in [9.17, 15) is 4.79 Å². The number of methoxy groups -OCH3 is 1. The van der Waals surface area contributed by atoms with Crippen LogP contribution in [-0.2, 0) is 9.53 Å². The normalized spacial score (nSPS) is 10.5. The van der Waals surface area contributed by atoms with E-state index >= 15 is 0 Å². The zero-order valence-corrected chi connectivity index (χ0v) is 15.5. The molecule has 6 nitrogen and oxygen atoms in total. The van der Waals surface area contributed by atoms with Gasteiger partial charge in [0, 0.05) is 18.5 Å². The second kappa shape index (κ2) is 10.3. The monoisotopic (exact) mass is 358 g/mol. The molecule has 0 saturated heterocycles. The molecule has 0 radical (unpaired) electrons. The van der Waals surface area contributed by atoms with Gasteiger partial charge in [0.2, 0.25) is 5.91 Å². The summed E-state index contributed by atoms with van der Waals surface area (Å²) in [6.45, 7) is 5.17. The van der Waals surface area contributed by atoms with E-state index in [1.165, 1.54) is 0 Å². The molecule has 6 heteroatoms. The molecule has 1 amide bonds. The third-order valence-corrected chi connectivity index (χ3v) is 3.37. The fourth-order valence-electron chi connectivity index (χ4n) is 2.19. The molecule has 0 heterocycles. The lowest BCUT2D eigenvalue weighted by atomic mass is 10.3. The highest BCUT2D eigenvalue weighted by molar-refractivity contribution is 5.93. The standard InChI is InChI=1S/C20H26N2O4/c1-15(2)26-19-10-6-17(7-11-19)22-20(23)14-21-16-4-8-18(9-5-16)25-13-12-24-3/h4-11,15,21H,12-14H2,1-3H3,(H,22,23). The maximum atomic E-state index is 12.0. The Bertz CT molecular complexity index is 669. The third kappa shape index (κ3) is 7.03. The SMILES string of the molecule is COCCOc1ccc(NCC(=O)Nc2ccc(OC(C)C)cc2)cc1. The van der Waals surface area contributed by atoms with Crippen molar-refractivity contribution in [3.8, 4) is 11.5 Å². The zero-order valence-electron chi connectivity index (χ0n) is 15.5. The third-order valence-electron chi connectivity index (χ3n) is 3.37. The molecule has 0 saturated carbocycles. The van der Waals surface area contributed by atoms with Crippen LogP contribution in [0.3, 0.4) is 0 Å². The van der Waals surface area contributed by atoms with Gasteiger partial charge in [-0.3, -0.25) is 4.79 Å². The maximum Gasteiger partial charge on any atom is 0.243 e. The van der Waals surface area contributed by atoms with Gasteiger partial charge in [0.15, 0.2) is 0 Å². The number of amides is 1. The van der Waals surface area contributed by atoms with Crippen LogP contribution in [0.15, 0.2) is 48.5 Å². The first-order chi connectivity index (χ1) is 12.6. The van der Waals surface area contributed by atoms with Gasteiger partial charge < -0.3 is 24.8 Å². The maximum absolute atomic E-state index is 12.0. The van der Waals surface area contributed by atoms with Crippen LogP contribution in [-0.4, -0.2) is 38.9 Å². The molecule has 140 valence electrons. The van der Waals surface area contributed by atoms with Gasteiger partial charge in [-0.25, -0.2) is 0 Å². The van der Waals surface area contributed by atoms with E-state index in [4.69, 9.17) is 14.2 Å². The molecule has 0 aliphatic carbocycles. The number of nitrogens with one attached hydrogen (secondary N) is 2. The Hall–Kier alpha value is -2.73. The molecule has 0 unspecified atom stereocenters. The zero-order chi connectivity index (χ0) is 18.8. The number of anilines is 2. The van der Waals surface area contributed by atoms with Crippen LogP contribution in [0.5, 0.6) is 11.5 Å². The first-order valence-corrected chi connectivity index (χ1v) is 8.59. The van der Waals surface area contributed by atoms with Crippen molar-refractivity contribution in [2.24, 2.45) is 0 Å². The Morgan fingerprint density at radius 3 is 2.15 bits per heavy atom. The second-order valence-electron chi connectivity index (χ2n) is 5.96. The molecule has 2 N–H and O–H groups in total. The number of benzene rings is 2. The molecule has 0 bridgehead atoms. The summed E-state index contributed by atoms with van der Waals surface area (Å²) in [4.78, 5) is 12.0. The Labute approximate surface area is 154 Å². The van der Waals surface area contributed by atoms with Crippen molar-refractivity contribution in [2.45, 2.75) is 20.0 Å². The van der Waals surface area contributed by atoms with Crippen LogP contribution in [0.1, 0.15) is 13.8 Å². The van der Waals surface area contributed by atoms with Crippen LogP contribution in [0, 0.1) is 0 Å². The van der Waals surface area contributed by atoms with Crippen molar-refractivity contribution in [2.75, 3.05) is 37.5 Å². The minimum Gasteiger partial charge on any atom is -0.491 e. The molecule has 0 aliphatic rings. The molecule has 26 heavy (non-hydrogen) atoms. The van der Waals surface area contributed by atoms with E-state index < -0.39 is 0 Å². The van der Waals surface area contributed by atoms with E-state index in [0.29, 0.717) is 13.2 Å². The van der Waals surface area contributed by atoms with Gasteiger partial charge in [0.25, 0.3) is 0 Å². The highest BCUT2D eigenvalue weighted by Crippen LogP contribution is 2.17. The number of hydrogen-bond donors (Lipinski definition) is 2. The van der Waals surface area contributed by atoms with Crippen molar-refractivity contribution < 1.29 is 19.0 Å². The predicted molar refractivity (Wildman–Crippen MR) is 103 cm³/mol. The molecule has 2 aromatic rings. The van der Waals surface area contributed by atoms with Gasteiger partial charge in [-0.15, -0.1) is 0 Å². The van der Waals surface area contributed by atoms with E-state index in [2.05, 4.69) is 10.6 Å². The van der Waals surface area contributed by atoms with Crippen LogP contribution in [0.2, 0.25) is 0 Å². The molecular weight excluding hydrogens is 332 g/mol. The van der Waals surface area contributed by atoms with Crippen LogP contribution < -0.4 is 20.1 Å². The van der Waals surface area contributed by atoms with Crippen molar-refractivity contribution in [3.05, 3.63) is 48.5 Å². The lowest BCUT2D eigenvalue weighted by Gasteiger charge is -2.11. The van der Waals surface area contributed by atoms with Gasteiger partial charge in [-0.2, -0.15) is 0 Å². The molecule has 2 rings (SSSR count). The van der Waals surface area contributed by atoms with Gasteiger partial charge >= 0.3 is 0 Å². The highest BCUT2D eigenvalue weighted by atomic mass is 16.5. The average molecular weight is 358 g/mol. The number of ether oxygens (including phenoxy) is 3. The Balaban J connectivity index is 1.75. The predicted octanol–water partition coefficient (Wildman–Crippen LogP) is 3.55. The van der Waals surface area contributed by atoms with E-state index in [1.54, 1.807) is 7.11 Å². The Morgan fingerprint density at radius 1 is 0.923 bits per heavy atom. The van der Waals surface area contributed by atoms with Crippen LogP contribution >= 0.6 is 0 Å². The van der Waals surface area contributed by atoms with Crippen molar-refractivity contribution in [1.29, 1.82) is 0 Å². The first kappa shape index (κ1) is 19.6.